The van der Waals surface area contributed by atoms with E-state index in [1.54, 1.807) is 6.07 Å². The Hall–Kier alpha value is -0.970. The number of benzene rings is 1. The first-order valence-electron chi connectivity index (χ1n) is 6.55. The van der Waals surface area contributed by atoms with E-state index in [0.29, 0.717) is 12.1 Å². The van der Waals surface area contributed by atoms with Crippen LogP contribution in [0, 0.1) is 5.82 Å². The molecule has 0 aromatic heterocycles. The van der Waals surface area contributed by atoms with E-state index in [-0.39, 0.29) is 18.5 Å². The summed E-state index contributed by atoms with van der Waals surface area (Å²) in [6, 6.07) is 5.45. The fraction of sp³-hybridized carbons (Fsp3) is 0.571. The lowest BCUT2D eigenvalue weighted by Gasteiger charge is -2.32. The molecule has 100 valence electrons. The molecule has 0 radical (unpaired) electrons. The number of halogens is 1. The van der Waals surface area contributed by atoms with Crippen molar-refractivity contribution in [3.63, 3.8) is 0 Å². The van der Waals surface area contributed by atoms with E-state index in [9.17, 15) is 4.39 Å². The number of rotatable bonds is 4. The van der Waals surface area contributed by atoms with Crippen LogP contribution >= 0.6 is 0 Å². The van der Waals surface area contributed by atoms with Gasteiger partial charge in [0.1, 0.15) is 5.82 Å². The lowest BCUT2D eigenvalue weighted by atomic mass is 10.1. The van der Waals surface area contributed by atoms with Crippen molar-refractivity contribution in [3.8, 4) is 0 Å². The van der Waals surface area contributed by atoms with Crippen molar-refractivity contribution in [2.45, 2.75) is 32.5 Å². The van der Waals surface area contributed by atoms with Gasteiger partial charge < -0.3 is 10.5 Å². The molecule has 2 N–H and O–H groups in total. The Morgan fingerprint density at radius 3 is 2.94 bits per heavy atom. The van der Waals surface area contributed by atoms with Gasteiger partial charge in [-0.05, 0) is 6.42 Å². The molecule has 1 saturated heterocycles. The summed E-state index contributed by atoms with van der Waals surface area (Å²) >= 11 is 0. The lowest BCUT2D eigenvalue weighted by Crippen LogP contribution is -2.41. The first-order chi connectivity index (χ1) is 8.74. The summed E-state index contributed by atoms with van der Waals surface area (Å²) in [6.07, 6.45) is 1.28. The van der Waals surface area contributed by atoms with Gasteiger partial charge in [-0.15, -0.1) is 0 Å². The molecule has 4 heteroatoms. The van der Waals surface area contributed by atoms with Crippen molar-refractivity contribution >= 4 is 0 Å². The molecule has 1 aromatic carbocycles. The Morgan fingerprint density at radius 1 is 1.44 bits per heavy atom. The number of hydrogen-bond donors (Lipinski definition) is 1. The smallest absolute Gasteiger partial charge is 0.132 e. The third-order valence-electron chi connectivity index (χ3n) is 3.45. The Kier molecular flexibility index (Phi) is 4.69. The molecule has 0 amide bonds. The van der Waals surface area contributed by atoms with E-state index in [0.717, 1.165) is 31.7 Å². The van der Waals surface area contributed by atoms with Crippen LogP contribution in [0.25, 0.3) is 0 Å². The van der Waals surface area contributed by atoms with Crippen molar-refractivity contribution in [1.29, 1.82) is 0 Å². The zero-order valence-corrected chi connectivity index (χ0v) is 10.9. The zero-order chi connectivity index (χ0) is 13.0. The Balaban J connectivity index is 2.04. The molecule has 1 aromatic rings. The average Bonchev–Trinajstić information content (AvgIpc) is 2.41. The van der Waals surface area contributed by atoms with E-state index in [4.69, 9.17) is 10.5 Å². The SMILES string of the molecule is CCC1CN(Cc2cccc(CN)c2F)CCO1. The van der Waals surface area contributed by atoms with Gasteiger partial charge >= 0.3 is 0 Å². The first kappa shape index (κ1) is 13.5. The lowest BCUT2D eigenvalue weighted by molar-refractivity contribution is -0.0327. The molecule has 1 aliphatic heterocycles. The van der Waals surface area contributed by atoms with Crippen LogP contribution in [-0.2, 0) is 17.8 Å². The van der Waals surface area contributed by atoms with Crippen LogP contribution in [0.5, 0.6) is 0 Å². The largest absolute Gasteiger partial charge is 0.376 e. The van der Waals surface area contributed by atoms with Gasteiger partial charge in [-0.3, -0.25) is 4.90 Å². The van der Waals surface area contributed by atoms with E-state index in [1.807, 2.05) is 12.1 Å². The summed E-state index contributed by atoms with van der Waals surface area (Å²) in [5.74, 6) is -0.153. The minimum atomic E-state index is -0.153. The highest BCUT2D eigenvalue weighted by Crippen LogP contribution is 2.17. The number of nitrogens with two attached hydrogens (primary N) is 1. The second kappa shape index (κ2) is 6.27. The predicted molar refractivity (Wildman–Crippen MR) is 69.6 cm³/mol. The van der Waals surface area contributed by atoms with Crippen LogP contribution in [0.15, 0.2) is 18.2 Å². The summed E-state index contributed by atoms with van der Waals surface area (Å²) in [6.45, 7) is 5.48. The summed E-state index contributed by atoms with van der Waals surface area (Å²) in [5, 5.41) is 0. The van der Waals surface area contributed by atoms with Crippen LogP contribution in [0.1, 0.15) is 24.5 Å². The highest BCUT2D eigenvalue weighted by atomic mass is 19.1. The fourth-order valence-corrected chi connectivity index (χ4v) is 2.32. The minimum absolute atomic E-state index is 0.153. The average molecular weight is 252 g/mol. The quantitative estimate of drug-likeness (QED) is 0.889. The molecule has 0 bridgehead atoms. The standard InChI is InChI=1S/C14H21FN2O/c1-2-13-10-17(6-7-18-13)9-12-5-3-4-11(8-16)14(12)15/h3-5,13H,2,6-10,16H2,1H3. The number of hydrogen-bond acceptors (Lipinski definition) is 3. The molecule has 1 unspecified atom stereocenters. The molecule has 18 heavy (non-hydrogen) atoms. The van der Waals surface area contributed by atoms with Gasteiger partial charge in [0, 0.05) is 37.3 Å². The normalized spacial score (nSPS) is 21.2. The zero-order valence-electron chi connectivity index (χ0n) is 10.9. The number of nitrogens with zero attached hydrogens (tertiary/aromatic N) is 1. The second-order valence-corrected chi connectivity index (χ2v) is 4.73. The molecule has 3 nitrogen and oxygen atoms in total. The van der Waals surface area contributed by atoms with Crippen molar-refractivity contribution < 1.29 is 9.13 Å². The van der Waals surface area contributed by atoms with Crippen LogP contribution in [0.2, 0.25) is 0 Å². The maximum Gasteiger partial charge on any atom is 0.132 e. The highest BCUT2D eigenvalue weighted by molar-refractivity contribution is 5.25. The molecular weight excluding hydrogens is 231 g/mol. The first-order valence-corrected chi connectivity index (χ1v) is 6.55. The molecule has 1 heterocycles. The summed E-state index contributed by atoms with van der Waals surface area (Å²) in [7, 11) is 0. The van der Waals surface area contributed by atoms with Crippen molar-refractivity contribution in [3.05, 3.63) is 35.1 Å². The maximum atomic E-state index is 14.1. The van der Waals surface area contributed by atoms with Crippen LogP contribution in [-0.4, -0.2) is 30.7 Å². The van der Waals surface area contributed by atoms with Gasteiger partial charge in [-0.1, -0.05) is 25.1 Å². The van der Waals surface area contributed by atoms with Crippen molar-refractivity contribution in [1.82, 2.24) is 4.90 Å². The molecular formula is C14H21FN2O. The number of ether oxygens (including phenoxy) is 1. The molecule has 0 spiro atoms. The van der Waals surface area contributed by atoms with Gasteiger partial charge in [-0.2, -0.15) is 0 Å². The third kappa shape index (κ3) is 3.07. The van der Waals surface area contributed by atoms with Gasteiger partial charge in [0.25, 0.3) is 0 Å². The van der Waals surface area contributed by atoms with E-state index < -0.39 is 0 Å². The summed E-state index contributed by atoms with van der Waals surface area (Å²) in [4.78, 5) is 2.25. The molecule has 0 aliphatic carbocycles. The van der Waals surface area contributed by atoms with E-state index in [1.165, 1.54) is 0 Å². The molecule has 1 aliphatic rings. The molecule has 2 rings (SSSR count). The summed E-state index contributed by atoms with van der Waals surface area (Å²) in [5.41, 5.74) is 6.84. The van der Waals surface area contributed by atoms with Gasteiger partial charge in [0.15, 0.2) is 0 Å². The Bertz CT molecular complexity index is 397. The van der Waals surface area contributed by atoms with Gasteiger partial charge in [-0.25, -0.2) is 4.39 Å². The topological polar surface area (TPSA) is 38.5 Å². The minimum Gasteiger partial charge on any atom is -0.376 e. The Morgan fingerprint density at radius 2 is 2.22 bits per heavy atom. The monoisotopic (exact) mass is 252 g/mol. The van der Waals surface area contributed by atoms with E-state index in [2.05, 4.69) is 11.8 Å². The van der Waals surface area contributed by atoms with Crippen LogP contribution in [0.3, 0.4) is 0 Å². The van der Waals surface area contributed by atoms with Crippen molar-refractivity contribution in [2.24, 2.45) is 5.73 Å². The maximum absolute atomic E-state index is 14.1. The number of morpholine rings is 1. The van der Waals surface area contributed by atoms with Crippen LogP contribution < -0.4 is 5.73 Å². The molecule has 1 atom stereocenters. The van der Waals surface area contributed by atoms with Crippen LogP contribution in [0.4, 0.5) is 4.39 Å². The summed E-state index contributed by atoms with van der Waals surface area (Å²) < 4.78 is 19.7. The predicted octanol–water partition coefficient (Wildman–Crippen LogP) is 1.90. The highest BCUT2D eigenvalue weighted by Gasteiger charge is 2.20. The Labute approximate surface area is 108 Å². The van der Waals surface area contributed by atoms with Gasteiger partial charge in [0.2, 0.25) is 0 Å². The van der Waals surface area contributed by atoms with Gasteiger partial charge in [0.05, 0.1) is 12.7 Å². The molecule has 0 saturated carbocycles. The third-order valence-corrected chi connectivity index (χ3v) is 3.45. The van der Waals surface area contributed by atoms with Crippen molar-refractivity contribution in [2.75, 3.05) is 19.7 Å². The molecule has 1 fully saturated rings. The van der Waals surface area contributed by atoms with E-state index >= 15 is 0 Å². The fourth-order valence-electron chi connectivity index (χ4n) is 2.32. The second-order valence-electron chi connectivity index (χ2n) is 4.73.